The van der Waals surface area contributed by atoms with Crippen molar-refractivity contribution in [3.8, 4) is 0 Å². The van der Waals surface area contributed by atoms with Gasteiger partial charge in [-0.2, -0.15) is 0 Å². The van der Waals surface area contributed by atoms with Crippen LogP contribution in [0.4, 0.5) is 0 Å². The Balaban J connectivity index is 4.14. The molecule has 0 aliphatic heterocycles. The molecule has 0 unspecified atom stereocenters. The quantitative estimate of drug-likeness (QED) is 0.492. The third kappa shape index (κ3) is 9.02. The molecule has 0 fully saturated rings. The third-order valence-electron chi connectivity index (χ3n) is 2.74. The lowest BCUT2D eigenvalue weighted by Gasteiger charge is -2.24. The molecule has 0 aliphatic carbocycles. The van der Waals surface area contributed by atoms with E-state index >= 15 is 0 Å². The van der Waals surface area contributed by atoms with Crippen LogP contribution in [0.15, 0.2) is 9.98 Å². The van der Waals surface area contributed by atoms with Crippen LogP contribution in [0.1, 0.15) is 41.0 Å². The highest BCUT2D eigenvalue weighted by molar-refractivity contribution is 5.55. The first-order chi connectivity index (χ1) is 8.26. The molecule has 4 nitrogen and oxygen atoms in total. The van der Waals surface area contributed by atoms with E-state index in [0.29, 0.717) is 6.04 Å². The Morgan fingerprint density at radius 2 is 1.72 bits per heavy atom. The van der Waals surface area contributed by atoms with E-state index in [2.05, 4.69) is 61.5 Å². The molecular formula is C14H30N4. The summed E-state index contributed by atoms with van der Waals surface area (Å²) in [7, 11) is 4.10. The van der Waals surface area contributed by atoms with Crippen LogP contribution < -0.4 is 0 Å². The number of nitrogens with zero attached hydrogens (tertiary/aromatic N) is 4. The number of hydrogen-bond acceptors (Lipinski definition) is 2. The second-order valence-electron chi connectivity index (χ2n) is 5.72. The van der Waals surface area contributed by atoms with Crippen molar-refractivity contribution in [2.75, 3.05) is 27.2 Å². The number of rotatable bonds is 8. The molecule has 106 valence electrons. The van der Waals surface area contributed by atoms with Gasteiger partial charge in [0, 0.05) is 33.2 Å². The molecule has 0 bridgehead atoms. The molecule has 0 spiro atoms. The fourth-order valence-corrected chi connectivity index (χ4v) is 1.16. The second-order valence-corrected chi connectivity index (χ2v) is 5.72. The van der Waals surface area contributed by atoms with E-state index in [9.17, 15) is 0 Å². The van der Waals surface area contributed by atoms with E-state index in [-0.39, 0.29) is 5.54 Å². The van der Waals surface area contributed by atoms with Crippen molar-refractivity contribution in [1.82, 2.24) is 9.80 Å². The first kappa shape index (κ1) is 16.9. The lowest BCUT2D eigenvalue weighted by Crippen LogP contribution is -2.28. The van der Waals surface area contributed by atoms with Gasteiger partial charge in [-0.3, -0.25) is 9.98 Å². The van der Waals surface area contributed by atoms with Gasteiger partial charge in [0.15, 0.2) is 0 Å². The van der Waals surface area contributed by atoms with Crippen LogP contribution in [-0.4, -0.2) is 61.2 Å². The standard InChI is InChI=1S/C14H30N4/c1-8-17(6)12-16-14(4,5)9-10-18(7)11-15-13(2)3/h11-13H,8-10H2,1-7H3/b15-11+,16-12+. The van der Waals surface area contributed by atoms with Gasteiger partial charge in [0.1, 0.15) is 0 Å². The molecule has 18 heavy (non-hydrogen) atoms. The van der Waals surface area contributed by atoms with Crippen LogP contribution in [0.5, 0.6) is 0 Å². The van der Waals surface area contributed by atoms with E-state index in [1.165, 1.54) is 0 Å². The molecule has 0 saturated carbocycles. The van der Waals surface area contributed by atoms with Gasteiger partial charge in [-0.05, 0) is 41.0 Å². The van der Waals surface area contributed by atoms with Crippen LogP contribution in [0.25, 0.3) is 0 Å². The molecule has 4 heteroatoms. The summed E-state index contributed by atoms with van der Waals surface area (Å²) in [6, 6.07) is 0.358. The van der Waals surface area contributed by atoms with Crippen molar-refractivity contribution < 1.29 is 0 Å². The summed E-state index contributed by atoms with van der Waals surface area (Å²) in [4.78, 5) is 13.2. The van der Waals surface area contributed by atoms with E-state index < -0.39 is 0 Å². The fourth-order valence-electron chi connectivity index (χ4n) is 1.16. The zero-order valence-corrected chi connectivity index (χ0v) is 13.1. The lowest BCUT2D eigenvalue weighted by molar-refractivity contribution is 0.396. The van der Waals surface area contributed by atoms with Crippen LogP contribution >= 0.6 is 0 Å². The number of hydrogen-bond donors (Lipinski definition) is 0. The van der Waals surface area contributed by atoms with Gasteiger partial charge in [-0.25, -0.2) is 0 Å². The van der Waals surface area contributed by atoms with Crippen LogP contribution in [0.3, 0.4) is 0 Å². The smallest absolute Gasteiger partial charge is 0.0853 e. The van der Waals surface area contributed by atoms with E-state index in [1.54, 1.807) is 0 Å². The molecule has 0 atom stereocenters. The highest BCUT2D eigenvalue weighted by Crippen LogP contribution is 2.13. The minimum atomic E-state index is -0.0244. The van der Waals surface area contributed by atoms with Crippen molar-refractivity contribution in [1.29, 1.82) is 0 Å². The maximum absolute atomic E-state index is 4.62. The molecule has 0 aromatic heterocycles. The van der Waals surface area contributed by atoms with Crippen molar-refractivity contribution in [2.24, 2.45) is 9.98 Å². The lowest BCUT2D eigenvalue weighted by atomic mass is 10.0. The first-order valence-electron chi connectivity index (χ1n) is 6.76. The Labute approximate surface area is 113 Å². The maximum atomic E-state index is 4.62. The van der Waals surface area contributed by atoms with E-state index in [4.69, 9.17) is 0 Å². The summed E-state index contributed by atoms with van der Waals surface area (Å²) >= 11 is 0. The average Bonchev–Trinajstić information content (AvgIpc) is 2.31. The molecule has 0 amide bonds. The van der Waals surface area contributed by atoms with Crippen molar-refractivity contribution in [2.45, 2.75) is 52.6 Å². The monoisotopic (exact) mass is 254 g/mol. The Morgan fingerprint density at radius 1 is 1.11 bits per heavy atom. The van der Waals surface area contributed by atoms with Crippen molar-refractivity contribution in [3.63, 3.8) is 0 Å². The molecule has 0 aliphatic rings. The van der Waals surface area contributed by atoms with Gasteiger partial charge >= 0.3 is 0 Å². The SMILES string of the molecule is CCN(C)/C=N/C(C)(C)CCN(C)/C=N/C(C)C. The van der Waals surface area contributed by atoms with Gasteiger partial charge in [-0.15, -0.1) is 0 Å². The Bertz CT molecular complexity index is 269. The summed E-state index contributed by atoms with van der Waals surface area (Å²) in [5.41, 5.74) is -0.0244. The molecule has 0 N–H and O–H groups in total. The molecule has 0 aromatic carbocycles. The maximum Gasteiger partial charge on any atom is 0.0853 e. The fraction of sp³-hybridized carbons (Fsp3) is 0.857. The summed E-state index contributed by atoms with van der Waals surface area (Å²) < 4.78 is 0. The Hall–Kier alpha value is -1.06. The van der Waals surface area contributed by atoms with E-state index in [1.807, 2.05) is 19.7 Å². The molecule has 0 saturated heterocycles. The zero-order valence-electron chi connectivity index (χ0n) is 13.1. The third-order valence-corrected chi connectivity index (χ3v) is 2.74. The minimum absolute atomic E-state index is 0.0244. The largest absolute Gasteiger partial charge is 0.366 e. The molecule has 0 radical (unpaired) electrons. The Morgan fingerprint density at radius 3 is 2.22 bits per heavy atom. The number of aliphatic imine (C=N–C) groups is 2. The Kier molecular flexibility index (Phi) is 7.64. The average molecular weight is 254 g/mol. The molecule has 0 aromatic rings. The van der Waals surface area contributed by atoms with Crippen LogP contribution in [0, 0.1) is 0 Å². The summed E-state index contributed by atoms with van der Waals surface area (Å²) in [5.74, 6) is 0. The summed E-state index contributed by atoms with van der Waals surface area (Å²) in [6.07, 6.45) is 4.87. The van der Waals surface area contributed by atoms with Crippen LogP contribution in [0.2, 0.25) is 0 Å². The van der Waals surface area contributed by atoms with Gasteiger partial charge in [0.05, 0.1) is 18.2 Å². The first-order valence-corrected chi connectivity index (χ1v) is 6.76. The van der Waals surface area contributed by atoms with Crippen LogP contribution in [-0.2, 0) is 0 Å². The predicted molar refractivity (Wildman–Crippen MR) is 81.8 cm³/mol. The van der Waals surface area contributed by atoms with Gasteiger partial charge < -0.3 is 9.80 Å². The highest BCUT2D eigenvalue weighted by atomic mass is 15.1. The van der Waals surface area contributed by atoms with Gasteiger partial charge in [0.25, 0.3) is 0 Å². The minimum Gasteiger partial charge on any atom is -0.366 e. The zero-order chi connectivity index (χ0) is 14.2. The second kappa shape index (κ2) is 8.11. The normalized spacial score (nSPS) is 12.9. The van der Waals surface area contributed by atoms with Gasteiger partial charge in [0.2, 0.25) is 0 Å². The van der Waals surface area contributed by atoms with Crippen molar-refractivity contribution in [3.05, 3.63) is 0 Å². The summed E-state index contributed by atoms with van der Waals surface area (Å²) in [6.45, 7) is 12.6. The molecule has 0 heterocycles. The van der Waals surface area contributed by atoms with Gasteiger partial charge in [-0.1, -0.05) is 0 Å². The topological polar surface area (TPSA) is 31.2 Å². The predicted octanol–water partition coefficient (Wildman–Crippen LogP) is 2.50. The molecular weight excluding hydrogens is 224 g/mol. The summed E-state index contributed by atoms with van der Waals surface area (Å²) in [5, 5.41) is 0. The van der Waals surface area contributed by atoms with E-state index in [0.717, 1.165) is 19.5 Å². The highest BCUT2D eigenvalue weighted by Gasteiger charge is 2.15. The molecule has 0 rings (SSSR count). The van der Waals surface area contributed by atoms with Crippen molar-refractivity contribution >= 4 is 12.7 Å².